The first kappa shape index (κ1) is 16.5. The molecule has 0 unspecified atom stereocenters. The summed E-state index contributed by atoms with van der Waals surface area (Å²) in [4.78, 5) is 16.7. The lowest BCUT2D eigenvalue weighted by atomic mass is 9.97. The van der Waals surface area contributed by atoms with Crippen LogP contribution >= 0.6 is 0 Å². The summed E-state index contributed by atoms with van der Waals surface area (Å²) in [5.41, 5.74) is 5.66. The summed E-state index contributed by atoms with van der Waals surface area (Å²) < 4.78 is 0. The molecule has 3 aromatic heterocycles. The van der Waals surface area contributed by atoms with E-state index < -0.39 is 6.10 Å². The maximum Gasteiger partial charge on any atom is 0.126 e. The Labute approximate surface area is 151 Å². The molecule has 0 aliphatic carbocycles. The number of hydrogen-bond acceptors (Lipinski definition) is 5. The lowest BCUT2D eigenvalue weighted by molar-refractivity contribution is 0.169. The molecule has 0 spiro atoms. The molecule has 0 bridgehead atoms. The maximum absolute atomic E-state index is 10.1. The number of nitrogens with one attached hydrogen (secondary N) is 2. The molecule has 0 amide bonds. The van der Waals surface area contributed by atoms with Gasteiger partial charge in [-0.3, -0.25) is 4.98 Å². The van der Waals surface area contributed by atoms with Gasteiger partial charge in [0.15, 0.2) is 0 Å². The Balaban J connectivity index is 1.95. The van der Waals surface area contributed by atoms with Gasteiger partial charge in [-0.15, -0.1) is 0 Å². The van der Waals surface area contributed by atoms with Gasteiger partial charge in [-0.2, -0.15) is 0 Å². The molecule has 3 N–H and O–H groups in total. The van der Waals surface area contributed by atoms with Gasteiger partial charge in [0.05, 0.1) is 29.2 Å². The number of rotatable bonds is 4. The first-order valence-electron chi connectivity index (χ1n) is 8.71. The van der Waals surface area contributed by atoms with Gasteiger partial charge in [0.2, 0.25) is 0 Å². The Hall–Kier alpha value is -2.99. The van der Waals surface area contributed by atoms with E-state index in [1.54, 1.807) is 6.33 Å². The van der Waals surface area contributed by atoms with Gasteiger partial charge >= 0.3 is 0 Å². The molecule has 26 heavy (non-hydrogen) atoms. The van der Waals surface area contributed by atoms with E-state index in [1.807, 2.05) is 45.4 Å². The van der Waals surface area contributed by atoms with Crippen molar-refractivity contribution in [2.45, 2.75) is 26.4 Å². The summed E-state index contributed by atoms with van der Waals surface area (Å²) in [5.74, 6) is 0.817. The summed E-state index contributed by atoms with van der Waals surface area (Å²) in [6.07, 6.45) is 5.52. The molecule has 132 valence electrons. The first-order chi connectivity index (χ1) is 12.6. The molecule has 6 heteroatoms. The Morgan fingerprint density at radius 2 is 1.96 bits per heavy atom. The Morgan fingerprint density at radius 1 is 1.12 bits per heavy atom. The van der Waals surface area contributed by atoms with Crippen LogP contribution < -0.4 is 5.32 Å². The number of fused-ring (bicyclic) bond motifs is 3. The molecule has 4 rings (SSSR count). The van der Waals surface area contributed by atoms with E-state index in [9.17, 15) is 5.11 Å². The van der Waals surface area contributed by atoms with Crippen LogP contribution in [-0.4, -0.2) is 32.1 Å². The zero-order valence-electron chi connectivity index (χ0n) is 15.0. The van der Waals surface area contributed by atoms with Gasteiger partial charge < -0.3 is 15.4 Å². The average molecular weight is 347 g/mol. The highest BCUT2D eigenvalue weighted by Crippen LogP contribution is 2.35. The van der Waals surface area contributed by atoms with Crippen LogP contribution in [0.2, 0.25) is 0 Å². The monoisotopic (exact) mass is 347 g/mol. The molecule has 0 radical (unpaired) electrons. The van der Waals surface area contributed by atoms with E-state index >= 15 is 0 Å². The van der Waals surface area contributed by atoms with Crippen molar-refractivity contribution in [1.29, 1.82) is 0 Å². The fourth-order valence-corrected chi connectivity index (χ4v) is 3.32. The summed E-state index contributed by atoms with van der Waals surface area (Å²) in [7, 11) is 1.86. The summed E-state index contributed by atoms with van der Waals surface area (Å²) in [5, 5.41) is 15.2. The van der Waals surface area contributed by atoms with Crippen LogP contribution in [0.4, 0.5) is 5.82 Å². The van der Waals surface area contributed by atoms with Crippen molar-refractivity contribution in [3.05, 3.63) is 48.2 Å². The molecule has 3 heterocycles. The second kappa shape index (κ2) is 6.38. The number of benzene rings is 1. The maximum atomic E-state index is 10.1. The number of aromatic amines is 1. The van der Waals surface area contributed by atoms with Crippen LogP contribution in [0.25, 0.3) is 32.9 Å². The second-order valence-corrected chi connectivity index (χ2v) is 6.44. The van der Waals surface area contributed by atoms with E-state index in [4.69, 9.17) is 0 Å². The minimum Gasteiger partial charge on any atom is -0.387 e. The number of aliphatic hydroxyl groups is 1. The fraction of sp³-hybridized carbons (Fsp3) is 0.250. The molecule has 0 saturated carbocycles. The lowest BCUT2D eigenvalue weighted by Gasteiger charge is -2.13. The van der Waals surface area contributed by atoms with Crippen molar-refractivity contribution < 1.29 is 5.11 Å². The number of H-pyrrole nitrogens is 1. The van der Waals surface area contributed by atoms with Crippen LogP contribution in [0.1, 0.15) is 30.7 Å². The highest BCUT2D eigenvalue weighted by atomic mass is 16.3. The van der Waals surface area contributed by atoms with Gasteiger partial charge in [0, 0.05) is 41.3 Å². The predicted molar refractivity (Wildman–Crippen MR) is 104 cm³/mol. The minimum absolute atomic E-state index is 0.533. The first-order valence-corrected chi connectivity index (χ1v) is 8.71. The highest BCUT2D eigenvalue weighted by molar-refractivity contribution is 6.11. The van der Waals surface area contributed by atoms with Gasteiger partial charge in [0.1, 0.15) is 5.82 Å². The van der Waals surface area contributed by atoms with Crippen molar-refractivity contribution in [2.24, 2.45) is 0 Å². The molecule has 6 nitrogen and oxygen atoms in total. The zero-order chi connectivity index (χ0) is 18.3. The van der Waals surface area contributed by atoms with E-state index in [1.165, 1.54) is 0 Å². The van der Waals surface area contributed by atoms with Crippen LogP contribution in [0, 0.1) is 6.92 Å². The van der Waals surface area contributed by atoms with Crippen molar-refractivity contribution in [1.82, 2.24) is 19.9 Å². The topological polar surface area (TPSA) is 86.7 Å². The van der Waals surface area contributed by atoms with Gasteiger partial charge in [-0.25, -0.2) is 9.97 Å². The molecule has 0 fully saturated rings. The quantitative estimate of drug-likeness (QED) is 0.520. The van der Waals surface area contributed by atoms with Gasteiger partial charge in [-0.1, -0.05) is 6.92 Å². The van der Waals surface area contributed by atoms with Gasteiger partial charge in [0.25, 0.3) is 0 Å². The van der Waals surface area contributed by atoms with Gasteiger partial charge in [-0.05, 0) is 37.1 Å². The summed E-state index contributed by atoms with van der Waals surface area (Å²) in [6, 6.07) is 6.07. The largest absolute Gasteiger partial charge is 0.387 e. The van der Waals surface area contributed by atoms with Crippen LogP contribution in [-0.2, 0) is 0 Å². The van der Waals surface area contributed by atoms with E-state index in [0.29, 0.717) is 12.1 Å². The van der Waals surface area contributed by atoms with Crippen molar-refractivity contribution in [2.75, 3.05) is 12.4 Å². The van der Waals surface area contributed by atoms with Crippen molar-refractivity contribution in [3.8, 4) is 11.1 Å². The Bertz CT molecular complexity index is 1100. The third kappa shape index (κ3) is 2.59. The van der Waals surface area contributed by atoms with Crippen LogP contribution in [0.3, 0.4) is 0 Å². The molecule has 1 aromatic carbocycles. The van der Waals surface area contributed by atoms with Crippen LogP contribution in [0.5, 0.6) is 0 Å². The molecule has 1 atom stereocenters. The number of hydrogen-bond donors (Lipinski definition) is 3. The third-order valence-corrected chi connectivity index (χ3v) is 4.80. The number of aromatic nitrogens is 4. The minimum atomic E-state index is -0.533. The standard InChI is InChI=1S/C20H21N5O/c1-4-17(26)16-5-11(2)15(9-22-16)14-6-12-8-23-18(21-3)7-13(12)19-20(14)25-10-24-19/h5-10,17,26H,4H2,1-3H3,(H,21,23)(H,24,25)/t17-/m0/s1. The van der Waals surface area contributed by atoms with Crippen molar-refractivity contribution in [3.63, 3.8) is 0 Å². The number of imidazole rings is 1. The van der Waals surface area contributed by atoms with E-state index in [0.717, 1.165) is 44.3 Å². The smallest absolute Gasteiger partial charge is 0.126 e. The number of nitrogens with zero attached hydrogens (tertiary/aromatic N) is 3. The SMILES string of the molecule is CC[C@H](O)c1cc(C)c(-c2cc3cnc(NC)cc3c3[nH]cnc23)cn1. The fourth-order valence-electron chi connectivity index (χ4n) is 3.32. The van der Waals surface area contributed by atoms with Crippen molar-refractivity contribution >= 4 is 27.6 Å². The number of aryl methyl sites for hydroxylation is 1. The van der Waals surface area contributed by atoms with Crippen LogP contribution in [0.15, 0.2) is 36.9 Å². The van der Waals surface area contributed by atoms with E-state index in [-0.39, 0.29) is 0 Å². The predicted octanol–water partition coefficient (Wildman–Crippen LogP) is 3.97. The number of anilines is 1. The highest BCUT2D eigenvalue weighted by Gasteiger charge is 2.15. The molecule has 0 saturated heterocycles. The summed E-state index contributed by atoms with van der Waals surface area (Å²) >= 11 is 0. The Kier molecular flexibility index (Phi) is 4.05. The molecule has 4 aromatic rings. The second-order valence-electron chi connectivity index (χ2n) is 6.44. The zero-order valence-corrected chi connectivity index (χ0v) is 15.0. The lowest BCUT2D eigenvalue weighted by Crippen LogP contribution is -2.00. The molecule has 0 aliphatic heterocycles. The molecular formula is C20H21N5O. The average Bonchev–Trinajstić information content (AvgIpc) is 3.16. The molecule has 0 aliphatic rings. The number of pyridine rings is 2. The van der Waals surface area contributed by atoms with E-state index in [2.05, 4.69) is 31.3 Å². The normalized spacial score (nSPS) is 12.6. The molecular weight excluding hydrogens is 326 g/mol. The Morgan fingerprint density at radius 3 is 2.69 bits per heavy atom. The summed E-state index contributed by atoms with van der Waals surface area (Å²) in [6.45, 7) is 3.98. The third-order valence-electron chi connectivity index (χ3n) is 4.80. The number of aliphatic hydroxyl groups excluding tert-OH is 1.